The predicted octanol–water partition coefficient (Wildman–Crippen LogP) is 2.07. The van der Waals surface area contributed by atoms with Gasteiger partial charge in [-0.1, -0.05) is 0 Å². The van der Waals surface area contributed by atoms with Crippen LogP contribution in [0, 0.1) is 0 Å². The Hall–Kier alpha value is -1.47. The number of alkyl halides is 3. The Labute approximate surface area is 114 Å². The molecule has 1 unspecified atom stereocenters. The van der Waals surface area contributed by atoms with Crippen LogP contribution in [0.1, 0.15) is 32.6 Å². The van der Waals surface area contributed by atoms with Gasteiger partial charge in [-0.05, 0) is 32.6 Å². The van der Waals surface area contributed by atoms with Crippen LogP contribution < -0.4 is 0 Å². The molecular weight excluding hydrogens is 277 g/mol. The van der Waals surface area contributed by atoms with Crippen LogP contribution in [0.4, 0.5) is 18.0 Å². The van der Waals surface area contributed by atoms with Gasteiger partial charge in [0.15, 0.2) is 0 Å². The van der Waals surface area contributed by atoms with E-state index in [-0.39, 0.29) is 13.0 Å². The lowest BCUT2D eigenvalue weighted by Gasteiger charge is -2.36. The lowest BCUT2D eigenvalue weighted by atomic mass is 10.00. The summed E-state index contributed by atoms with van der Waals surface area (Å²) in [5, 5.41) is 9.23. The number of rotatable bonds is 3. The summed E-state index contributed by atoms with van der Waals surface area (Å²) in [7, 11) is 0. The Balaban J connectivity index is 2.17. The summed E-state index contributed by atoms with van der Waals surface area (Å²) in [6.45, 7) is 0.254. The second-order valence-corrected chi connectivity index (χ2v) is 5.59. The topological polar surface area (TPSA) is 60.9 Å². The van der Waals surface area contributed by atoms with Gasteiger partial charge in [0.25, 0.3) is 0 Å². The van der Waals surface area contributed by atoms with Crippen molar-refractivity contribution in [3.8, 4) is 0 Å². The van der Waals surface area contributed by atoms with E-state index < -0.39 is 36.3 Å². The monoisotopic (exact) mass is 294 g/mol. The van der Waals surface area contributed by atoms with E-state index in [0.29, 0.717) is 19.3 Å². The highest BCUT2D eigenvalue weighted by Crippen LogP contribution is 2.35. The number of urea groups is 1. The van der Waals surface area contributed by atoms with Gasteiger partial charge in [-0.25, -0.2) is 9.59 Å². The Morgan fingerprint density at radius 3 is 2.45 bits per heavy atom. The van der Waals surface area contributed by atoms with Crippen molar-refractivity contribution in [2.24, 2.45) is 0 Å². The zero-order valence-electron chi connectivity index (χ0n) is 11.1. The van der Waals surface area contributed by atoms with Gasteiger partial charge in [0.2, 0.25) is 0 Å². The minimum Gasteiger partial charge on any atom is -0.480 e. The van der Waals surface area contributed by atoms with Crippen LogP contribution in [-0.4, -0.2) is 57.8 Å². The van der Waals surface area contributed by atoms with Crippen LogP contribution in [-0.2, 0) is 4.79 Å². The Kier molecular flexibility index (Phi) is 3.60. The first-order chi connectivity index (χ1) is 9.15. The van der Waals surface area contributed by atoms with Gasteiger partial charge in [-0.3, -0.25) is 0 Å². The molecule has 1 N–H and O–H groups in total. The van der Waals surface area contributed by atoms with Crippen LogP contribution in [0.15, 0.2) is 0 Å². The molecule has 1 atom stereocenters. The van der Waals surface area contributed by atoms with Crippen molar-refractivity contribution in [1.29, 1.82) is 0 Å². The van der Waals surface area contributed by atoms with Crippen molar-refractivity contribution in [2.45, 2.75) is 50.4 Å². The lowest BCUT2D eigenvalue weighted by molar-refractivity contribution is -0.149. The van der Waals surface area contributed by atoms with E-state index in [2.05, 4.69) is 0 Å². The standard InChI is InChI=1S/C12H17F3N2O3/c1-11(9(18)19)5-2-6-17(11)10(20)16(8-3-4-8)7-12(13,14)15/h8H,2-7H2,1H3,(H,18,19). The number of hydrogen-bond donors (Lipinski definition) is 1. The number of halogens is 3. The molecule has 0 spiro atoms. The minimum absolute atomic E-state index is 0.183. The van der Waals surface area contributed by atoms with Gasteiger partial charge >= 0.3 is 18.2 Å². The molecule has 2 amide bonds. The summed E-state index contributed by atoms with van der Waals surface area (Å²) >= 11 is 0. The van der Waals surface area contributed by atoms with Crippen molar-refractivity contribution >= 4 is 12.0 Å². The van der Waals surface area contributed by atoms with Crippen LogP contribution in [0.2, 0.25) is 0 Å². The minimum atomic E-state index is -4.47. The number of amides is 2. The smallest absolute Gasteiger partial charge is 0.406 e. The van der Waals surface area contributed by atoms with Gasteiger partial charge in [0.05, 0.1) is 0 Å². The van der Waals surface area contributed by atoms with Crippen molar-refractivity contribution in [1.82, 2.24) is 9.80 Å². The van der Waals surface area contributed by atoms with E-state index in [4.69, 9.17) is 0 Å². The molecule has 0 aromatic rings. The Morgan fingerprint density at radius 2 is 2.00 bits per heavy atom. The maximum Gasteiger partial charge on any atom is 0.406 e. The number of carbonyl (C=O) groups is 2. The van der Waals surface area contributed by atoms with Crippen molar-refractivity contribution in [3.05, 3.63) is 0 Å². The molecule has 2 aliphatic rings. The number of aliphatic carboxylic acids is 1. The van der Waals surface area contributed by atoms with Crippen LogP contribution in [0.5, 0.6) is 0 Å². The first-order valence-electron chi connectivity index (χ1n) is 6.53. The number of carbonyl (C=O) groups excluding carboxylic acids is 1. The van der Waals surface area contributed by atoms with E-state index in [1.807, 2.05) is 0 Å². The molecule has 0 bridgehead atoms. The lowest BCUT2D eigenvalue weighted by Crippen LogP contribution is -2.56. The molecule has 1 aliphatic heterocycles. The summed E-state index contributed by atoms with van der Waals surface area (Å²) < 4.78 is 37.7. The fraction of sp³-hybridized carbons (Fsp3) is 0.833. The molecule has 114 valence electrons. The average molecular weight is 294 g/mol. The van der Waals surface area contributed by atoms with Gasteiger partial charge in [-0.2, -0.15) is 13.2 Å². The van der Waals surface area contributed by atoms with E-state index in [1.165, 1.54) is 6.92 Å². The first-order valence-corrected chi connectivity index (χ1v) is 6.53. The van der Waals surface area contributed by atoms with E-state index in [1.54, 1.807) is 0 Å². The third-order valence-corrected chi connectivity index (χ3v) is 3.92. The molecule has 0 radical (unpaired) electrons. The summed E-state index contributed by atoms with van der Waals surface area (Å²) in [6, 6.07) is -1.23. The molecule has 8 heteroatoms. The van der Waals surface area contributed by atoms with E-state index in [9.17, 15) is 27.9 Å². The molecule has 1 saturated heterocycles. The quantitative estimate of drug-likeness (QED) is 0.867. The summed E-state index contributed by atoms with van der Waals surface area (Å²) in [5.41, 5.74) is -1.41. The molecule has 0 aromatic heterocycles. The third-order valence-electron chi connectivity index (χ3n) is 3.92. The van der Waals surface area contributed by atoms with Gasteiger partial charge < -0.3 is 14.9 Å². The second-order valence-electron chi connectivity index (χ2n) is 5.59. The fourth-order valence-corrected chi connectivity index (χ4v) is 2.58. The first kappa shape index (κ1) is 14.9. The summed E-state index contributed by atoms with van der Waals surface area (Å²) in [5.74, 6) is -1.17. The SMILES string of the molecule is CC1(C(=O)O)CCCN1C(=O)N(CC(F)(F)F)C1CC1. The van der Waals surface area contributed by atoms with Gasteiger partial charge in [-0.15, -0.1) is 0 Å². The van der Waals surface area contributed by atoms with Crippen molar-refractivity contribution in [3.63, 3.8) is 0 Å². The maximum atomic E-state index is 12.6. The molecule has 2 rings (SSSR count). The molecule has 1 heterocycles. The van der Waals surface area contributed by atoms with E-state index >= 15 is 0 Å². The molecule has 0 aromatic carbocycles. The highest BCUT2D eigenvalue weighted by atomic mass is 19.4. The van der Waals surface area contributed by atoms with Crippen LogP contribution in [0.25, 0.3) is 0 Å². The van der Waals surface area contributed by atoms with E-state index in [0.717, 1.165) is 9.80 Å². The fourth-order valence-electron chi connectivity index (χ4n) is 2.58. The zero-order valence-corrected chi connectivity index (χ0v) is 11.1. The molecule has 1 aliphatic carbocycles. The summed E-state index contributed by atoms with van der Waals surface area (Å²) in [6.07, 6.45) is -2.64. The predicted molar refractivity (Wildman–Crippen MR) is 63.2 cm³/mol. The van der Waals surface area contributed by atoms with Gasteiger partial charge in [0.1, 0.15) is 12.1 Å². The molecule has 1 saturated carbocycles. The molecule has 2 fully saturated rings. The molecule has 20 heavy (non-hydrogen) atoms. The zero-order chi connectivity index (χ0) is 15.1. The Bertz CT molecular complexity index is 423. The second kappa shape index (κ2) is 4.82. The molecule has 5 nitrogen and oxygen atoms in total. The normalized spacial score (nSPS) is 26.7. The van der Waals surface area contributed by atoms with Crippen LogP contribution in [0.3, 0.4) is 0 Å². The molecular formula is C12H17F3N2O3. The highest BCUT2D eigenvalue weighted by molar-refractivity contribution is 5.87. The Morgan fingerprint density at radius 1 is 1.40 bits per heavy atom. The third kappa shape index (κ3) is 2.83. The average Bonchev–Trinajstić information content (AvgIpc) is 3.07. The van der Waals surface area contributed by atoms with Crippen molar-refractivity contribution < 1.29 is 27.9 Å². The largest absolute Gasteiger partial charge is 0.480 e. The maximum absolute atomic E-state index is 12.6. The highest BCUT2D eigenvalue weighted by Gasteiger charge is 2.50. The summed E-state index contributed by atoms with van der Waals surface area (Å²) in [4.78, 5) is 25.4. The number of carboxylic acids is 1. The number of hydrogen-bond acceptors (Lipinski definition) is 2. The van der Waals surface area contributed by atoms with Crippen molar-refractivity contribution in [2.75, 3.05) is 13.1 Å². The number of likely N-dealkylation sites (tertiary alicyclic amines) is 1. The van der Waals surface area contributed by atoms with Crippen LogP contribution >= 0.6 is 0 Å². The number of nitrogens with zero attached hydrogens (tertiary/aromatic N) is 2. The number of carboxylic acid groups (broad SMARTS) is 1. The van der Waals surface area contributed by atoms with Gasteiger partial charge in [0, 0.05) is 12.6 Å².